The summed E-state index contributed by atoms with van der Waals surface area (Å²) >= 11 is 0. The van der Waals surface area contributed by atoms with Crippen molar-refractivity contribution in [2.75, 3.05) is 0 Å². The molecule has 0 aromatic carbocycles. The number of hydrogen-bond donors (Lipinski definition) is 0. The monoisotopic (exact) mass is 131 g/mol. The van der Waals surface area contributed by atoms with Gasteiger partial charge in [0.15, 0.2) is 6.26 Å². The predicted molar refractivity (Wildman–Crippen MR) is 27.9 cm³/mol. The molecule has 0 aromatic heterocycles. The number of allylic oxidation sites excluding steroid dienone is 1. The van der Waals surface area contributed by atoms with Gasteiger partial charge in [-0.05, 0) is 0 Å². The topological polar surface area (TPSA) is 69.4 Å². The Bertz CT molecular complexity index is 151. The van der Waals surface area contributed by atoms with Crippen LogP contribution < -0.4 is 0 Å². The van der Waals surface area contributed by atoms with Crippen molar-refractivity contribution >= 4 is 6.47 Å². The van der Waals surface area contributed by atoms with Gasteiger partial charge in [0.05, 0.1) is 4.92 Å². The van der Waals surface area contributed by atoms with Crippen LogP contribution in [0.1, 0.15) is 6.92 Å². The van der Waals surface area contributed by atoms with Crippen LogP contribution in [0.3, 0.4) is 0 Å². The Balaban J connectivity index is 3.83. The van der Waals surface area contributed by atoms with E-state index in [1.807, 2.05) is 0 Å². The highest BCUT2D eigenvalue weighted by Gasteiger charge is 1.99. The summed E-state index contributed by atoms with van der Waals surface area (Å²) in [7, 11) is 0. The number of nitrogens with zero attached hydrogens (tertiary/aromatic N) is 1. The first-order valence-electron chi connectivity index (χ1n) is 2.08. The summed E-state index contributed by atoms with van der Waals surface area (Å²) in [5.74, 6) is 0. The first-order chi connectivity index (χ1) is 4.18. The van der Waals surface area contributed by atoms with Crippen LogP contribution in [-0.2, 0) is 9.53 Å². The molecular formula is C4H5NO4. The Morgan fingerprint density at radius 1 is 1.78 bits per heavy atom. The molecule has 5 heteroatoms. The molecule has 5 nitrogen and oxygen atoms in total. The minimum atomic E-state index is -0.649. The zero-order chi connectivity index (χ0) is 7.28. The number of carbonyl (C=O) groups excluding carboxylic acids is 1. The van der Waals surface area contributed by atoms with E-state index in [1.165, 1.54) is 6.92 Å². The van der Waals surface area contributed by atoms with Gasteiger partial charge >= 0.3 is 0 Å². The molecule has 0 atom stereocenters. The van der Waals surface area contributed by atoms with Crippen LogP contribution >= 0.6 is 0 Å². The highest BCUT2D eigenvalue weighted by atomic mass is 16.6. The Hall–Kier alpha value is -1.39. The van der Waals surface area contributed by atoms with Crippen molar-refractivity contribution in [3.8, 4) is 0 Å². The summed E-state index contributed by atoms with van der Waals surface area (Å²) in [6, 6.07) is 0. The lowest BCUT2D eigenvalue weighted by Crippen LogP contribution is -1.93. The van der Waals surface area contributed by atoms with Crippen molar-refractivity contribution in [1.82, 2.24) is 0 Å². The van der Waals surface area contributed by atoms with Crippen molar-refractivity contribution < 1.29 is 14.5 Å². The van der Waals surface area contributed by atoms with Gasteiger partial charge in [-0.1, -0.05) is 0 Å². The number of ether oxygens (including phenoxy) is 1. The van der Waals surface area contributed by atoms with E-state index in [4.69, 9.17) is 0 Å². The second-order valence-electron chi connectivity index (χ2n) is 1.25. The summed E-state index contributed by atoms with van der Waals surface area (Å²) in [5.41, 5.74) is -0.206. The summed E-state index contributed by atoms with van der Waals surface area (Å²) in [4.78, 5) is 18.5. The van der Waals surface area contributed by atoms with E-state index in [1.54, 1.807) is 0 Å². The SMILES string of the molecule is CC(=COC=O)[N+](=O)[O-]. The molecule has 0 fully saturated rings. The molecule has 0 saturated carbocycles. The second-order valence-corrected chi connectivity index (χ2v) is 1.25. The average Bonchev–Trinajstić information content (AvgIpc) is 1.82. The fourth-order valence-corrected chi connectivity index (χ4v) is 0.169. The lowest BCUT2D eigenvalue weighted by atomic mass is 10.6. The number of hydrogen-bond acceptors (Lipinski definition) is 4. The Kier molecular flexibility index (Phi) is 3.04. The Morgan fingerprint density at radius 2 is 2.33 bits per heavy atom. The molecule has 0 aliphatic carbocycles. The molecule has 9 heavy (non-hydrogen) atoms. The van der Waals surface area contributed by atoms with Gasteiger partial charge in [-0.25, -0.2) is 0 Å². The van der Waals surface area contributed by atoms with Gasteiger partial charge in [0.1, 0.15) is 0 Å². The third kappa shape index (κ3) is 3.22. The van der Waals surface area contributed by atoms with Crippen LogP contribution in [0.2, 0.25) is 0 Å². The van der Waals surface area contributed by atoms with E-state index in [9.17, 15) is 14.9 Å². The maximum Gasteiger partial charge on any atom is 0.298 e. The van der Waals surface area contributed by atoms with Crippen LogP contribution in [0.5, 0.6) is 0 Å². The lowest BCUT2D eigenvalue weighted by Gasteiger charge is -1.85. The molecule has 50 valence electrons. The molecule has 0 unspecified atom stereocenters. The molecule has 0 amide bonds. The van der Waals surface area contributed by atoms with Gasteiger partial charge in [-0.2, -0.15) is 0 Å². The summed E-state index contributed by atoms with van der Waals surface area (Å²) in [6.07, 6.45) is 0.771. The molecule has 0 aliphatic rings. The zero-order valence-corrected chi connectivity index (χ0v) is 4.73. The van der Waals surface area contributed by atoms with E-state index in [-0.39, 0.29) is 12.2 Å². The first kappa shape index (κ1) is 7.61. The van der Waals surface area contributed by atoms with Gasteiger partial charge in [0.2, 0.25) is 0 Å². The van der Waals surface area contributed by atoms with Crippen molar-refractivity contribution in [3.05, 3.63) is 22.1 Å². The summed E-state index contributed by atoms with van der Waals surface area (Å²) in [5, 5.41) is 9.75. The number of nitro groups is 1. The van der Waals surface area contributed by atoms with Crippen molar-refractivity contribution in [1.29, 1.82) is 0 Å². The van der Waals surface area contributed by atoms with Crippen LogP contribution in [0.4, 0.5) is 0 Å². The molecular weight excluding hydrogens is 126 g/mol. The normalized spacial score (nSPS) is 10.6. The average molecular weight is 131 g/mol. The second kappa shape index (κ2) is 3.59. The van der Waals surface area contributed by atoms with Crippen molar-refractivity contribution in [3.63, 3.8) is 0 Å². The summed E-state index contributed by atoms with van der Waals surface area (Å²) < 4.78 is 3.97. The zero-order valence-electron chi connectivity index (χ0n) is 4.73. The molecule has 0 spiro atoms. The maximum absolute atomic E-state index is 9.75. The fraction of sp³-hybridized carbons (Fsp3) is 0.250. The maximum atomic E-state index is 9.75. The van der Waals surface area contributed by atoms with E-state index < -0.39 is 4.92 Å². The molecule has 0 heterocycles. The smallest absolute Gasteiger partial charge is 0.298 e. The third-order valence-corrected chi connectivity index (χ3v) is 0.582. The highest BCUT2D eigenvalue weighted by molar-refractivity contribution is 5.38. The van der Waals surface area contributed by atoms with Crippen molar-refractivity contribution in [2.45, 2.75) is 6.92 Å². The largest absolute Gasteiger partial charge is 0.430 e. The van der Waals surface area contributed by atoms with Crippen molar-refractivity contribution in [2.24, 2.45) is 0 Å². The van der Waals surface area contributed by atoms with E-state index in [0.717, 1.165) is 6.26 Å². The molecule has 0 bridgehead atoms. The Morgan fingerprint density at radius 3 is 2.67 bits per heavy atom. The molecule has 0 aromatic rings. The van der Waals surface area contributed by atoms with Gasteiger partial charge in [-0.3, -0.25) is 14.9 Å². The predicted octanol–water partition coefficient (Wildman–Crippen LogP) is 0.297. The van der Waals surface area contributed by atoms with E-state index >= 15 is 0 Å². The molecule has 0 saturated heterocycles. The fourth-order valence-electron chi connectivity index (χ4n) is 0.169. The van der Waals surface area contributed by atoms with Gasteiger partial charge < -0.3 is 4.74 Å². The summed E-state index contributed by atoms with van der Waals surface area (Å²) in [6.45, 7) is 1.34. The molecule has 0 radical (unpaired) electrons. The Labute approximate surface area is 51.1 Å². The van der Waals surface area contributed by atoms with Crippen LogP contribution in [0.25, 0.3) is 0 Å². The lowest BCUT2D eigenvalue weighted by molar-refractivity contribution is -0.425. The molecule has 0 N–H and O–H groups in total. The van der Waals surface area contributed by atoms with Gasteiger partial charge in [0.25, 0.3) is 12.2 Å². The van der Waals surface area contributed by atoms with Crippen LogP contribution in [0, 0.1) is 10.1 Å². The highest BCUT2D eigenvalue weighted by Crippen LogP contribution is 1.90. The van der Waals surface area contributed by atoms with Crippen LogP contribution in [-0.4, -0.2) is 11.4 Å². The van der Waals surface area contributed by atoms with E-state index in [0.29, 0.717) is 0 Å². The first-order valence-corrected chi connectivity index (χ1v) is 2.08. The van der Waals surface area contributed by atoms with E-state index in [2.05, 4.69) is 4.74 Å². The minimum Gasteiger partial charge on any atom is -0.430 e. The number of carbonyl (C=O) groups is 1. The minimum absolute atomic E-state index is 0.118. The molecule has 0 aliphatic heterocycles. The van der Waals surface area contributed by atoms with Gasteiger partial charge in [0, 0.05) is 6.92 Å². The third-order valence-electron chi connectivity index (χ3n) is 0.582. The number of rotatable bonds is 3. The quantitative estimate of drug-likeness (QED) is 0.239. The standard InChI is InChI=1S/C4H5NO4/c1-4(5(7)8)2-9-3-6/h2-3H,1H3. The van der Waals surface area contributed by atoms with Gasteiger partial charge in [-0.15, -0.1) is 0 Å². The molecule has 0 rings (SSSR count). The van der Waals surface area contributed by atoms with Crippen LogP contribution in [0.15, 0.2) is 12.0 Å².